The van der Waals surface area contributed by atoms with Gasteiger partial charge in [0.05, 0.1) is 17.1 Å². The van der Waals surface area contributed by atoms with E-state index >= 15 is 0 Å². The summed E-state index contributed by atoms with van der Waals surface area (Å²) < 4.78 is 5.38. The Morgan fingerprint density at radius 2 is 1.87 bits per heavy atom. The third kappa shape index (κ3) is 7.66. The van der Waals surface area contributed by atoms with Crippen molar-refractivity contribution in [1.29, 1.82) is 0 Å². The maximum Gasteiger partial charge on any atom is 0.407 e. The van der Waals surface area contributed by atoms with E-state index in [1.165, 1.54) is 25.1 Å². The van der Waals surface area contributed by atoms with Gasteiger partial charge in [-0.2, -0.15) is 0 Å². The fraction of sp³-hybridized carbons (Fsp3) is 0.619. The first-order valence-corrected chi connectivity index (χ1v) is 10.9. The largest absolute Gasteiger partial charge is 0.444 e. The van der Waals surface area contributed by atoms with Crippen LogP contribution in [0.4, 0.5) is 10.6 Å². The summed E-state index contributed by atoms with van der Waals surface area (Å²) in [6, 6.07) is 2.32. The van der Waals surface area contributed by atoms with Crippen LogP contribution in [0.5, 0.6) is 0 Å². The van der Waals surface area contributed by atoms with Crippen molar-refractivity contribution in [3.05, 3.63) is 23.4 Å². The van der Waals surface area contributed by atoms with Gasteiger partial charge in [-0.15, -0.1) is 0 Å². The molecule has 3 rings (SSSR count). The van der Waals surface area contributed by atoms with Crippen molar-refractivity contribution in [3.63, 3.8) is 0 Å². The van der Waals surface area contributed by atoms with E-state index < -0.39 is 23.5 Å². The number of hydrogen-bond donors (Lipinski definition) is 3. The van der Waals surface area contributed by atoms with E-state index in [0.717, 1.165) is 13.1 Å². The molecule has 1 aromatic rings. The number of rotatable bonds is 5. The molecule has 0 bridgehead atoms. The number of anilines is 1. The van der Waals surface area contributed by atoms with E-state index in [-0.39, 0.29) is 17.9 Å². The van der Waals surface area contributed by atoms with Crippen LogP contribution in [0.3, 0.4) is 0 Å². The molecule has 1 aromatic heterocycles. The van der Waals surface area contributed by atoms with Gasteiger partial charge >= 0.3 is 17.9 Å². The first kappa shape index (κ1) is 23.3. The average molecular weight is 452 g/mol. The highest BCUT2D eigenvalue weighted by molar-refractivity contribution is 6.39. The van der Waals surface area contributed by atoms with E-state index in [4.69, 9.17) is 16.3 Å². The van der Waals surface area contributed by atoms with Crippen LogP contribution in [0.1, 0.15) is 40.0 Å². The fourth-order valence-corrected chi connectivity index (χ4v) is 3.60. The molecular weight excluding hydrogens is 422 g/mol. The van der Waals surface area contributed by atoms with E-state index in [2.05, 4.69) is 25.8 Å². The molecule has 0 spiro atoms. The highest BCUT2D eigenvalue weighted by Gasteiger charge is 2.35. The predicted octanol–water partition coefficient (Wildman–Crippen LogP) is 2.17. The topological polar surface area (TPSA) is 113 Å². The Balaban J connectivity index is 1.60. The third-order valence-corrected chi connectivity index (χ3v) is 5.33. The van der Waals surface area contributed by atoms with Crippen molar-refractivity contribution in [2.75, 3.05) is 25.0 Å². The van der Waals surface area contributed by atoms with Crippen molar-refractivity contribution < 1.29 is 19.1 Å². The molecule has 1 saturated carbocycles. The lowest BCUT2D eigenvalue weighted by Gasteiger charge is -2.39. The smallest absolute Gasteiger partial charge is 0.407 e. The molecule has 2 fully saturated rings. The van der Waals surface area contributed by atoms with Crippen LogP contribution < -0.4 is 16.0 Å². The molecule has 0 aromatic carbocycles. The number of aromatic nitrogens is 1. The summed E-state index contributed by atoms with van der Waals surface area (Å²) in [5.74, 6) is -0.669. The second kappa shape index (κ2) is 9.82. The van der Waals surface area contributed by atoms with Gasteiger partial charge in [0, 0.05) is 25.8 Å². The first-order chi connectivity index (χ1) is 14.6. The average Bonchev–Trinajstić information content (AvgIpc) is 3.48. The van der Waals surface area contributed by atoms with Crippen LogP contribution in [0.2, 0.25) is 5.02 Å². The van der Waals surface area contributed by atoms with Gasteiger partial charge in [0.1, 0.15) is 11.4 Å². The Labute approximate surface area is 187 Å². The Bertz CT molecular complexity index is 807. The number of carbonyl (C=O) groups is 3. The number of pyridine rings is 1. The van der Waals surface area contributed by atoms with Crippen LogP contribution in [-0.4, -0.2) is 65.1 Å². The quantitative estimate of drug-likeness (QED) is 0.591. The van der Waals surface area contributed by atoms with Crippen LogP contribution in [-0.2, 0) is 14.3 Å². The summed E-state index contributed by atoms with van der Waals surface area (Å²) in [6.07, 6.45) is 3.93. The number of amides is 3. The van der Waals surface area contributed by atoms with Gasteiger partial charge in [0.25, 0.3) is 0 Å². The minimum absolute atomic E-state index is 0.229. The highest BCUT2D eigenvalue weighted by Crippen LogP contribution is 2.30. The minimum Gasteiger partial charge on any atom is -0.444 e. The molecule has 2 heterocycles. The number of carbonyl (C=O) groups excluding carboxylic acids is 3. The van der Waals surface area contributed by atoms with Gasteiger partial charge in [-0.1, -0.05) is 11.6 Å². The molecule has 9 nitrogen and oxygen atoms in total. The minimum atomic E-state index is -0.828. The molecule has 0 radical (unpaired) electrons. The van der Waals surface area contributed by atoms with Gasteiger partial charge < -0.3 is 25.6 Å². The van der Waals surface area contributed by atoms with Crippen LogP contribution >= 0.6 is 11.6 Å². The van der Waals surface area contributed by atoms with Crippen LogP contribution in [0.15, 0.2) is 18.3 Å². The van der Waals surface area contributed by atoms with Gasteiger partial charge in [-0.3, -0.25) is 9.59 Å². The van der Waals surface area contributed by atoms with Crippen LogP contribution in [0.25, 0.3) is 0 Å². The molecule has 1 aliphatic heterocycles. The fourth-order valence-electron chi connectivity index (χ4n) is 3.49. The molecule has 1 aliphatic carbocycles. The zero-order valence-corrected chi connectivity index (χ0v) is 18.9. The Hall–Kier alpha value is -2.39. The number of hydrogen-bond acceptors (Lipinski definition) is 6. The third-order valence-electron chi connectivity index (χ3n) is 5.10. The number of nitrogens with one attached hydrogen (secondary N) is 3. The molecule has 2 aliphatic rings. The number of nitrogens with zero attached hydrogens (tertiary/aromatic N) is 2. The maximum atomic E-state index is 12.5. The van der Waals surface area contributed by atoms with Gasteiger partial charge in [-0.05, 0) is 58.1 Å². The summed E-state index contributed by atoms with van der Waals surface area (Å²) >= 11 is 5.78. The number of halogens is 1. The molecule has 3 N–H and O–H groups in total. The number of likely N-dealkylation sites (tertiary alicyclic amines) is 1. The summed E-state index contributed by atoms with van der Waals surface area (Å²) in [7, 11) is 0. The summed E-state index contributed by atoms with van der Waals surface area (Å²) in [5.41, 5.74) is -0.628. The summed E-state index contributed by atoms with van der Waals surface area (Å²) in [4.78, 5) is 43.4. The van der Waals surface area contributed by atoms with E-state index in [0.29, 0.717) is 23.9 Å². The maximum absolute atomic E-state index is 12.5. The lowest BCUT2D eigenvalue weighted by molar-refractivity contribution is -0.137. The van der Waals surface area contributed by atoms with Crippen molar-refractivity contribution in [2.45, 2.75) is 57.7 Å². The van der Waals surface area contributed by atoms with Crippen LogP contribution in [0, 0.1) is 5.92 Å². The molecule has 10 heteroatoms. The molecule has 1 saturated heterocycles. The first-order valence-electron chi connectivity index (χ1n) is 10.5. The number of alkyl carbamates (subject to hydrolysis) is 1. The molecule has 3 amide bonds. The number of ether oxygens (including phenoxy) is 1. The SMILES string of the molecule is CC(C)(C)OC(=O)N[C@@H]1CN(CC2CC2)CC[C@@H]1NC(=O)C(=O)Nc1ccc(Cl)cn1. The van der Waals surface area contributed by atoms with Gasteiger partial charge in [0.2, 0.25) is 0 Å². The lowest BCUT2D eigenvalue weighted by Crippen LogP contribution is -2.62. The van der Waals surface area contributed by atoms with Gasteiger partial charge in [0.15, 0.2) is 0 Å². The van der Waals surface area contributed by atoms with Crippen molar-refractivity contribution in [3.8, 4) is 0 Å². The second-order valence-electron chi connectivity index (χ2n) is 9.14. The highest BCUT2D eigenvalue weighted by atomic mass is 35.5. The van der Waals surface area contributed by atoms with Crippen molar-refractivity contribution in [1.82, 2.24) is 20.5 Å². The summed E-state index contributed by atoms with van der Waals surface area (Å²) in [6.45, 7) is 7.73. The molecule has 31 heavy (non-hydrogen) atoms. The Morgan fingerprint density at radius 3 is 2.48 bits per heavy atom. The predicted molar refractivity (Wildman–Crippen MR) is 117 cm³/mol. The zero-order valence-electron chi connectivity index (χ0n) is 18.1. The number of piperidine rings is 1. The van der Waals surface area contributed by atoms with E-state index in [1.54, 1.807) is 26.8 Å². The monoisotopic (exact) mass is 451 g/mol. The molecule has 2 atom stereocenters. The normalized spacial score (nSPS) is 21.8. The molecule has 0 unspecified atom stereocenters. The standard InChI is InChI=1S/C21H30ClN5O4/c1-21(2,3)31-20(30)25-16-12-27(11-13-4-5-13)9-8-15(16)24-18(28)19(29)26-17-7-6-14(22)10-23-17/h6-7,10,13,15-16H,4-5,8-9,11-12H2,1-3H3,(H,24,28)(H,25,30)(H,23,26,29)/t15-,16+/m0/s1. The summed E-state index contributed by atoms with van der Waals surface area (Å²) in [5, 5.41) is 8.50. The lowest BCUT2D eigenvalue weighted by atomic mass is 9.98. The van der Waals surface area contributed by atoms with Gasteiger partial charge in [-0.25, -0.2) is 9.78 Å². The van der Waals surface area contributed by atoms with E-state index in [1.807, 2.05) is 0 Å². The van der Waals surface area contributed by atoms with Crippen molar-refractivity contribution in [2.24, 2.45) is 5.92 Å². The molecule has 170 valence electrons. The van der Waals surface area contributed by atoms with E-state index in [9.17, 15) is 14.4 Å². The Kier molecular flexibility index (Phi) is 7.38. The second-order valence-corrected chi connectivity index (χ2v) is 9.58. The molecular formula is C21H30ClN5O4. The van der Waals surface area contributed by atoms with Crippen molar-refractivity contribution >= 4 is 35.3 Å². The zero-order chi connectivity index (χ0) is 22.6. The Morgan fingerprint density at radius 1 is 1.13 bits per heavy atom.